The Bertz CT molecular complexity index is 677. The van der Waals surface area contributed by atoms with Crippen LogP contribution in [0.1, 0.15) is 26.7 Å². The van der Waals surface area contributed by atoms with E-state index in [-0.39, 0.29) is 24.6 Å². The lowest BCUT2D eigenvalue weighted by atomic mass is 10.1. The van der Waals surface area contributed by atoms with Gasteiger partial charge in [0.25, 0.3) is 0 Å². The summed E-state index contributed by atoms with van der Waals surface area (Å²) in [5.41, 5.74) is 0. The maximum Gasteiger partial charge on any atom is 0.308 e. The second-order valence-electron chi connectivity index (χ2n) is 6.31. The fraction of sp³-hybridized carbons (Fsp3) is 0.500. The molecule has 2 aromatic rings. The van der Waals surface area contributed by atoms with E-state index in [1.54, 1.807) is 23.1 Å². The first-order chi connectivity index (χ1) is 11.4. The minimum absolute atomic E-state index is 0.0543. The van der Waals surface area contributed by atoms with Crippen LogP contribution in [0, 0.1) is 0 Å². The van der Waals surface area contributed by atoms with Gasteiger partial charge in [0.1, 0.15) is 0 Å². The zero-order valence-corrected chi connectivity index (χ0v) is 15.7. The van der Waals surface area contributed by atoms with Crippen molar-refractivity contribution in [3.05, 3.63) is 30.3 Å². The van der Waals surface area contributed by atoms with E-state index in [0.29, 0.717) is 6.42 Å². The van der Waals surface area contributed by atoms with Crippen molar-refractivity contribution >= 4 is 39.2 Å². The molecule has 0 amide bonds. The zero-order chi connectivity index (χ0) is 17.2. The maximum absolute atomic E-state index is 11.5. The zero-order valence-electron chi connectivity index (χ0n) is 14.1. The van der Waals surface area contributed by atoms with Crippen LogP contribution in [0.4, 0.5) is 0 Å². The monoisotopic (exact) mass is 366 g/mol. The number of carbonyl (C=O) groups excluding carboxylic acids is 1. The molecule has 0 bridgehead atoms. The lowest BCUT2D eigenvalue weighted by molar-refractivity contribution is -0.295. The molecule has 1 aromatic carbocycles. The molecule has 6 heteroatoms. The van der Waals surface area contributed by atoms with Gasteiger partial charge in [0.15, 0.2) is 5.79 Å². The van der Waals surface area contributed by atoms with Crippen LogP contribution in [-0.2, 0) is 19.0 Å². The van der Waals surface area contributed by atoms with Crippen LogP contribution >= 0.6 is 23.1 Å². The van der Waals surface area contributed by atoms with Gasteiger partial charge in [-0.2, -0.15) is 0 Å². The molecule has 3 rings (SSSR count). The summed E-state index contributed by atoms with van der Waals surface area (Å²) < 4.78 is 19.2. The predicted molar refractivity (Wildman–Crippen MR) is 97.6 cm³/mol. The third kappa shape index (κ3) is 4.51. The molecule has 2 heterocycles. The van der Waals surface area contributed by atoms with Gasteiger partial charge >= 0.3 is 5.97 Å². The Labute approximate surface area is 150 Å². The van der Waals surface area contributed by atoms with Crippen molar-refractivity contribution in [1.29, 1.82) is 0 Å². The Balaban J connectivity index is 1.61. The van der Waals surface area contributed by atoms with Crippen molar-refractivity contribution in [2.75, 3.05) is 12.9 Å². The highest BCUT2D eigenvalue weighted by Crippen LogP contribution is 2.36. The Hall–Kier alpha value is -1.08. The fourth-order valence-electron chi connectivity index (χ4n) is 2.92. The Morgan fingerprint density at radius 1 is 1.33 bits per heavy atom. The van der Waals surface area contributed by atoms with E-state index in [9.17, 15) is 4.79 Å². The molecular formula is C18H22O4S2. The van der Waals surface area contributed by atoms with Crippen LogP contribution in [0.25, 0.3) is 10.1 Å². The van der Waals surface area contributed by atoms with Crippen LogP contribution in [0.2, 0.25) is 0 Å². The molecule has 1 aliphatic heterocycles. The van der Waals surface area contributed by atoms with Crippen LogP contribution in [0.5, 0.6) is 0 Å². The van der Waals surface area contributed by atoms with Crippen molar-refractivity contribution in [1.82, 2.24) is 0 Å². The van der Waals surface area contributed by atoms with Gasteiger partial charge < -0.3 is 14.2 Å². The molecule has 0 spiro atoms. The number of hydrogen-bond acceptors (Lipinski definition) is 6. The van der Waals surface area contributed by atoms with Gasteiger partial charge in [0, 0.05) is 16.9 Å². The smallest absolute Gasteiger partial charge is 0.308 e. The van der Waals surface area contributed by atoms with E-state index in [1.807, 2.05) is 13.8 Å². The fourth-order valence-corrected chi connectivity index (χ4v) is 5.19. The lowest BCUT2D eigenvalue weighted by Crippen LogP contribution is -2.46. The van der Waals surface area contributed by atoms with Crippen molar-refractivity contribution in [3.8, 4) is 0 Å². The first-order valence-electron chi connectivity index (χ1n) is 7.99. The van der Waals surface area contributed by atoms with Crippen LogP contribution in [0.3, 0.4) is 0 Å². The Kier molecular flexibility index (Phi) is 5.49. The number of ether oxygens (including phenoxy) is 3. The third-order valence-corrected chi connectivity index (χ3v) is 6.32. The largest absolute Gasteiger partial charge is 0.469 e. The minimum atomic E-state index is -0.678. The molecule has 24 heavy (non-hydrogen) atoms. The first kappa shape index (κ1) is 17.7. The molecule has 4 nitrogen and oxygen atoms in total. The van der Waals surface area contributed by atoms with E-state index < -0.39 is 5.79 Å². The Morgan fingerprint density at radius 2 is 2.08 bits per heavy atom. The topological polar surface area (TPSA) is 44.8 Å². The molecule has 0 unspecified atom stereocenters. The second-order valence-corrected chi connectivity index (χ2v) is 8.71. The van der Waals surface area contributed by atoms with Gasteiger partial charge in [-0.3, -0.25) is 4.79 Å². The minimum Gasteiger partial charge on any atom is -0.469 e. The van der Waals surface area contributed by atoms with Gasteiger partial charge in [-0.15, -0.1) is 23.1 Å². The lowest BCUT2D eigenvalue weighted by Gasteiger charge is -2.40. The highest BCUT2D eigenvalue weighted by Gasteiger charge is 2.36. The summed E-state index contributed by atoms with van der Waals surface area (Å²) in [6, 6.07) is 10.6. The van der Waals surface area contributed by atoms with Crippen LogP contribution in [-0.4, -0.2) is 36.8 Å². The summed E-state index contributed by atoms with van der Waals surface area (Å²) in [4.78, 5) is 11.5. The number of thiophene rings is 1. The van der Waals surface area contributed by atoms with Crippen molar-refractivity contribution < 1.29 is 19.0 Å². The highest BCUT2D eigenvalue weighted by molar-refractivity contribution is 8.01. The SMILES string of the molecule is COC(=O)C[C@H]1C[C@@H](CSc2cc3ccccc3s2)OC(C)(C)O1. The first-order valence-corrected chi connectivity index (χ1v) is 9.79. The molecule has 1 aromatic heterocycles. The van der Waals surface area contributed by atoms with E-state index >= 15 is 0 Å². The van der Waals surface area contributed by atoms with Gasteiger partial charge in [-0.05, 0) is 31.4 Å². The van der Waals surface area contributed by atoms with Crippen molar-refractivity contribution in [3.63, 3.8) is 0 Å². The summed E-state index contributed by atoms with van der Waals surface area (Å²) in [6.45, 7) is 3.79. The standard InChI is InChI=1S/C18H22O4S2/c1-18(2)21-13(10-16(19)20-3)9-14(22-18)11-23-17-8-12-6-4-5-7-15(12)24-17/h4-8,13-14H,9-11H2,1-3H3/t13-,14+/m1/s1. The highest BCUT2D eigenvalue weighted by atomic mass is 32.2. The summed E-state index contributed by atoms with van der Waals surface area (Å²) in [6.07, 6.45) is 0.872. The molecule has 1 aliphatic rings. The molecule has 1 saturated heterocycles. The number of rotatable bonds is 5. The summed E-state index contributed by atoms with van der Waals surface area (Å²) in [5, 5.41) is 1.28. The molecule has 130 valence electrons. The summed E-state index contributed by atoms with van der Waals surface area (Å²) >= 11 is 3.60. The average molecular weight is 367 g/mol. The summed E-state index contributed by atoms with van der Waals surface area (Å²) in [5.74, 6) is -0.0757. The molecular weight excluding hydrogens is 344 g/mol. The van der Waals surface area contributed by atoms with Gasteiger partial charge in [0.05, 0.1) is 29.9 Å². The maximum atomic E-state index is 11.5. The number of fused-ring (bicyclic) bond motifs is 1. The normalized spacial score (nSPS) is 23.3. The second kappa shape index (κ2) is 7.44. The van der Waals surface area contributed by atoms with Crippen LogP contribution in [0.15, 0.2) is 34.5 Å². The van der Waals surface area contributed by atoms with Crippen molar-refractivity contribution in [2.24, 2.45) is 0 Å². The van der Waals surface area contributed by atoms with E-state index in [1.165, 1.54) is 21.4 Å². The van der Waals surface area contributed by atoms with E-state index in [2.05, 4.69) is 30.3 Å². The molecule has 1 fully saturated rings. The molecule has 0 aliphatic carbocycles. The number of hydrogen-bond donors (Lipinski definition) is 0. The molecule has 2 atom stereocenters. The predicted octanol–water partition coefficient (Wildman–Crippen LogP) is 4.47. The van der Waals surface area contributed by atoms with Crippen molar-refractivity contribution in [2.45, 2.75) is 48.9 Å². The van der Waals surface area contributed by atoms with Gasteiger partial charge in [-0.1, -0.05) is 18.2 Å². The van der Waals surface area contributed by atoms with Gasteiger partial charge in [-0.25, -0.2) is 0 Å². The number of benzene rings is 1. The summed E-state index contributed by atoms with van der Waals surface area (Å²) in [7, 11) is 1.40. The molecule has 0 N–H and O–H groups in total. The number of methoxy groups -OCH3 is 1. The molecule has 0 saturated carbocycles. The average Bonchev–Trinajstić information content (AvgIpc) is 2.94. The number of carbonyl (C=O) groups is 1. The van der Waals surface area contributed by atoms with Crippen LogP contribution < -0.4 is 0 Å². The number of thioether (sulfide) groups is 1. The van der Waals surface area contributed by atoms with E-state index in [4.69, 9.17) is 14.2 Å². The number of esters is 1. The Morgan fingerprint density at radius 3 is 2.83 bits per heavy atom. The molecule has 0 radical (unpaired) electrons. The van der Waals surface area contributed by atoms with Gasteiger partial charge in [0.2, 0.25) is 0 Å². The van der Waals surface area contributed by atoms with E-state index in [0.717, 1.165) is 5.75 Å². The quantitative estimate of drug-likeness (QED) is 0.577. The third-order valence-electron chi connectivity index (χ3n) is 3.86.